The minimum atomic E-state index is -4.32. The molecule has 3 aromatic rings. The van der Waals surface area contributed by atoms with Gasteiger partial charge in [0.25, 0.3) is 0 Å². The second kappa shape index (κ2) is 7.95. The van der Waals surface area contributed by atoms with E-state index in [0.717, 1.165) is 37.8 Å². The number of aryl methyl sites for hydroxylation is 1. The first kappa shape index (κ1) is 19.6. The molecule has 0 amide bonds. The first-order valence-electron chi connectivity index (χ1n) is 10.2. The molecule has 1 aliphatic rings. The van der Waals surface area contributed by atoms with Crippen LogP contribution in [0.3, 0.4) is 0 Å². The van der Waals surface area contributed by atoms with Gasteiger partial charge in [0.15, 0.2) is 0 Å². The lowest BCUT2D eigenvalue weighted by atomic mass is 9.72. The summed E-state index contributed by atoms with van der Waals surface area (Å²) >= 11 is 0. The van der Waals surface area contributed by atoms with Gasteiger partial charge < -0.3 is 0 Å². The van der Waals surface area contributed by atoms with E-state index >= 15 is 0 Å². The molecule has 0 aliphatic heterocycles. The second-order valence-corrected chi connectivity index (χ2v) is 7.76. The van der Waals surface area contributed by atoms with Gasteiger partial charge in [-0.05, 0) is 71.3 Å². The van der Waals surface area contributed by atoms with Crippen LogP contribution in [0.25, 0.3) is 10.8 Å². The van der Waals surface area contributed by atoms with Gasteiger partial charge in [0.05, 0.1) is 5.56 Å². The fraction of sp³-hybridized carbons (Fsp3) is 0.308. The van der Waals surface area contributed by atoms with Crippen molar-refractivity contribution in [1.29, 1.82) is 0 Å². The highest BCUT2D eigenvalue weighted by Gasteiger charge is 2.30. The summed E-state index contributed by atoms with van der Waals surface area (Å²) in [5, 5.41) is 2.54. The Bertz CT molecular complexity index is 1070. The van der Waals surface area contributed by atoms with Crippen molar-refractivity contribution in [3.05, 3.63) is 82.9 Å². The molecule has 0 fully saturated rings. The molecule has 0 N–H and O–H groups in total. The molecule has 3 heteroatoms. The molecule has 2 atom stereocenters. The van der Waals surface area contributed by atoms with Crippen molar-refractivity contribution >= 4 is 10.8 Å². The zero-order chi connectivity index (χ0) is 20.4. The number of halogens is 3. The predicted octanol–water partition coefficient (Wildman–Crippen LogP) is 7.36. The maximum Gasteiger partial charge on any atom is 0.416 e. The lowest BCUT2D eigenvalue weighted by Crippen LogP contribution is -2.20. The Balaban J connectivity index is 1.72. The van der Waals surface area contributed by atoms with Gasteiger partial charge in [-0.3, -0.25) is 0 Å². The molecule has 0 radical (unpaired) electrons. The van der Waals surface area contributed by atoms with Crippen molar-refractivity contribution in [2.75, 3.05) is 0 Å². The predicted molar refractivity (Wildman–Crippen MR) is 112 cm³/mol. The van der Waals surface area contributed by atoms with E-state index in [9.17, 15) is 13.2 Å². The monoisotopic (exact) mass is 392 g/mol. The molecular weight excluding hydrogens is 369 g/mol. The maximum absolute atomic E-state index is 12.8. The summed E-state index contributed by atoms with van der Waals surface area (Å²) in [6, 6.07) is 17.9. The van der Waals surface area contributed by atoms with Gasteiger partial charge in [-0.2, -0.15) is 13.2 Å². The Hall–Kier alpha value is -2.73. The highest BCUT2D eigenvalue weighted by molar-refractivity contribution is 5.87. The first-order chi connectivity index (χ1) is 14.0. The van der Waals surface area contributed by atoms with Gasteiger partial charge >= 0.3 is 6.18 Å². The van der Waals surface area contributed by atoms with Crippen LogP contribution in [0.15, 0.2) is 60.7 Å². The van der Waals surface area contributed by atoms with Crippen LogP contribution >= 0.6 is 0 Å². The number of benzene rings is 3. The van der Waals surface area contributed by atoms with Gasteiger partial charge in [0.1, 0.15) is 0 Å². The Morgan fingerprint density at radius 2 is 1.72 bits per heavy atom. The molecule has 0 aromatic heterocycles. The summed E-state index contributed by atoms with van der Waals surface area (Å²) in [6.45, 7) is 2.19. The van der Waals surface area contributed by atoms with E-state index in [1.54, 1.807) is 0 Å². The highest BCUT2D eigenvalue weighted by Crippen LogP contribution is 2.41. The molecule has 29 heavy (non-hydrogen) atoms. The van der Waals surface area contributed by atoms with Gasteiger partial charge in [-0.25, -0.2) is 0 Å². The van der Waals surface area contributed by atoms with Crippen LogP contribution < -0.4 is 0 Å². The molecule has 0 nitrogen and oxygen atoms in total. The lowest BCUT2D eigenvalue weighted by Gasteiger charge is -2.31. The van der Waals surface area contributed by atoms with E-state index in [4.69, 9.17) is 0 Å². The Labute approximate surface area is 169 Å². The van der Waals surface area contributed by atoms with E-state index in [-0.39, 0.29) is 5.92 Å². The molecule has 0 heterocycles. The largest absolute Gasteiger partial charge is 0.416 e. The zero-order valence-corrected chi connectivity index (χ0v) is 16.4. The van der Waals surface area contributed by atoms with Gasteiger partial charge in [0.2, 0.25) is 0 Å². The summed E-state index contributed by atoms with van der Waals surface area (Å²) < 4.78 is 38.4. The first-order valence-corrected chi connectivity index (χ1v) is 10.2. The minimum Gasteiger partial charge on any atom is -0.166 e. The third-order valence-electron chi connectivity index (χ3n) is 5.89. The van der Waals surface area contributed by atoms with Crippen LogP contribution in [0.2, 0.25) is 0 Å². The average molecular weight is 392 g/mol. The molecule has 0 bridgehead atoms. The minimum absolute atomic E-state index is 0.116. The van der Waals surface area contributed by atoms with Crippen molar-refractivity contribution < 1.29 is 13.2 Å². The van der Waals surface area contributed by atoms with Gasteiger partial charge in [-0.1, -0.05) is 61.6 Å². The number of fused-ring (bicyclic) bond motifs is 3. The van der Waals surface area contributed by atoms with Crippen LogP contribution in [-0.4, -0.2) is 0 Å². The number of alkyl halides is 3. The third kappa shape index (κ3) is 4.03. The van der Waals surface area contributed by atoms with Crippen molar-refractivity contribution in [2.24, 2.45) is 5.92 Å². The van der Waals surface area contributed by atoms with Crippen LogP contribution in [-0.2, 0) is 12.6 Å². The van der Waals surface area contributed by atoms with E-state index in [2.05, 4.69) is 55.2 Å². The van der Waals surface area contributed by atoms with Crippen LogP contribution in [0.4, 0.5) is 13.2 Å². The quantitative estimate of drug-likeness (QED) is 0.400. The molecule has 3 aromatic carbocycles. The Morgan fingerprint density at radius 3 is 2.45 bits per heavy atom. The maximum atomic E-state index is 12.8. The highest BCUT2D eigenvalue weighted by atomic mass is 19.4. The van der Waals surface area contributed by atoms with Crippen LogP contribution in [0.1, 0.15) is 54.4 Å². The Kier molecular flexibility index (Phi) is 5.37. The van der Waals surface area contributed by atoms with Crippen LogP contribution in [0, 0.1) is 17.8 Å². The molecule has 2 unspecified atom stereocenters. The van der Waals surface area contributed by atoms with E-state index in [1.165, 1.54) is 34.0 Å². The molecular formula is C26H23F3. The fourth-order valence-electron chi connectivity index (χ4n) is 4.45. The normalized spacial score (nSPS) is 18.8. The zero-order valence-electron chi connectivity index (χ0n) is 16.4. The summed E-state index contributed by atoms with van der Waals surface area (Å²) in [5.41, 5.74) is 2.65. The molecule has 1 aliphatic carbocycles. The Morgan fingerprint density at radius 1 is 0.966 bits per heavy atom. The standard InChI is InChI=1S/C26H23F3/c1-2-5-19-11-16-24-22-7-4-3-6-20(22)12-17-25(24)23(19)15-10-18-8-13-21(14-9-18)26(27,28)29/h3-4,6-9,12-14,17,19,23H,2,5,11,16H2,1H3. The average Bonchev–Trinajstić information content (AvgIpc) is 2.72. The van der Waals surface area contributed by atoms with Crippen molar-refractivity contribution in [2.45, 2.75) is 44.7 Å². The summed E-state index contributed by atoms with van der Waals surface area (Å²) in [5.74, 6) is 7.17. The molecule has 0 saturated heterocycles. The number of hydrogen-bond acceptors (Lipinski definition) is 0. The molecule has 0 saturated carbocycles. The molecule has 0 spiro atoms. The van der Waals surface area contributed by atoms with Crippen molar-refractivity contribution in [3.63, 3.8) is 0 Å². The van der Waals surface area contributed by atoms with E-state index < -0.39 is 11.7 Å². The summed E-state index contributed by atoms with van der Waals surface area (Å²) in [7, 11) is 0. The van der Waals surface area contributed by atoms with E-state index in [1.807, 2.05) is 0 Å². The smallest absolute Gasteiger partial charge is 0.166 e. The summed E-state index contributed by atoms with van der Waals surface area (Å²) in [6.07, 6.45) is 0.0488. The molecule has 148 valence electrons. The lowest BCUT2D eigenvalue weighted by molar-refractivity contribution is -0.137. The fourth-order valence-corrected chi connectivity index (χ4v) is 4.45. The number of rotatable bonds is 2. The SMILES string of the molecule is CCCC1CCc2c(ccc3ccccc23)C1C#Cc1ccc(C(F)(F)F)cc1. The topological polar surface area (TPSA) is 0 Å². The molecule has 4 rings (SSSR count). The van der Waals surface area contributed by atoms with E-state index in [0.29, 0.717) is 11.5 Å². The number of hydrogen-bond donors (Lipinski definition) is 0. The van der Waals surface area contributed by atoms with Crippen LogP contribution in [0.5, 0.6) is 0 Å². The van der Waals surface area contributed by atoms with Gasteiger partial charge in [0, 0.05) is 11.5 Å². The summed E-state index contributed by atoms with van der Waals surface area (Å²) in [4.78, 5) is 0. The third-order valence-corrected chi connectivity index (χ3v) is 5.89. The second-order valence-electron chi connectivity index (χ2n) is 7.76. The van der Waals surface area contributed by atoms with Gasteiger partial charge in [-0.15, -0.1) is 0 Å². The van der Waals surface area contributed by atoms with Crippen molar-refractivity contribution in [1.82, 2.24) is 0 Å². The van der Waals surface area contributed by atoms with Crippen molar-refractivity contribution in [3.8, 4) is 11.8 Å².